The van der Waals surface area contributed by atoms with Crippen molar-refractivity contribution in [2.75, 3.05) is 0 Å². The standard InChI is InChI=1S/C13H16O/c1-11(12(2)14)7-6-10-13-8-4-3-5-9-13/h3-6,8-11H,7H2,1-2H3. The van der Waals surface area contributed by atoms with Crippen LogP contribution < -0.4 is 0 Å². The molecule has 0 amide bonds. The largest absolute Gasteiger partial charge is 0.300 e. The maximum atomic E-state index is 11.0. The number of hydrogen-bond donors (Lipinski definition) is 0. The van der Waals surface area contributed by atoms with Crippen LogP contribution >= 0.6 is 0 Å². The van der Waals surface area contributed by atoms with Crippen LogP contribution in [0, 0.1) is 5.92 Å². The molecule has 0 heterocycles. The number of benzene rings is 1. The number of Topliss-reactive ketones (excluding diaryl/α,β-unsaturated/α-hetero) is 1. The molecule has 1 rings (SSSR count). The Labute approximate surface area is 85.5 Å². The number of rotatable bonds is 4. The first kappa shape index (κ1) is 10.7. The van der Waals surface area contributed by atoms with E-state index in [-0.39, 0.29) is 11.7 Å². The summed E-state index contributed by atoms with van der Waals surface area (Å²) in [5.74, 6) is 0.387. The predicted molar refractivity (Wildman–Crippen MR) is 59.9 cm³/mol. The maximum Gasteiger partial charge on any atom is 0.132 e. The smallest absolute Gasteiger partial charge is 0.132 e. The number of allylic oxidation sites excluding steroid dienone is 1. The van der Waals surface area contributed by atoms with Gasteiger partial charge in [0, 0.05) is 5.92 Å². The molecule has 1 atom stereocenters. The van der Waals surface area contributed by atoms with Gasteiger partial charge in [0.2, 0.25) is 0 Å². The summed E-state index contributed by atoms with van der Waals surface area (Å²) >= 11 is 0. The Hall–Kier alpha value is -1.37. The lowest BCUT2D eigenvalue weighted by Gasteiger charge is -2.01. The first-order chi connectivity index (χ1) is 6.70. The predicted octanol–water partition coefficient (Wildman–Crippen LogP) is 3.32. The monoisotopic (exact) mass is 188 g/mol. The number of carbonyl (C=O) groups excluding carboxylic acids is 1. The van der Waals surface area contributed by atoms with Gasteiger partial charge in [-0.2, -0.15) is 0 Å². The fraction of sp³-hybridized carbons (Fsp3) is 0.308. The summed E-state index contributed by atoms with van der Waals surface area (Å²) in [7, 11) is 0. The first-order valence-electron chi connectivity index (χ1n) is 4.92. The highest BCUT2D eigenvalue weighted by Gasteiger charge is 2.03. The van der Waals surface area contributed by atoms with E-state index in [1.54, 1.807) is 6.92 Å². The molecule has 1 heteroatoms. The van der Waals surface area contributed by atoms with Crippen LogP contribution in [0.3, 0.4) is 0 Å². The van der Waals surface area contributed by atoms with Gasteiger partial charge in [-0.1, -0.05) is 49.4 Å². The number of carbonyl (C=O) groups is 1. The van der Waals surface area contributed by atoms with Crippen LogP contribution in [0.4, 0.5) is 0 Å². The second kappa shape index (κ2) is 5.38. The van der Waals surface area contributed by atoms with Gasteiger partial charge in [0.05, 0.1) is 0 Å². The third-order valence-corrected chi connectivity index (χ3v) is 2.29. The van der Waals surface area contributed by atoms with Gasteiger partial charge < -0.3 is 0 Å². The van der Waals surface area contributed by atoms with Crippen molar-refractivity contribution in [3.63, 3.8) is 0 Å². The van der Waals surface area contributed by atoms with Crippen molar-refractivity contribution < 1.29 is 4.79 Å². The van der Waals surface area contributed by atoms with E-state index in [2.05, 4.69) is 24.3 Å². The zero-order valence-electron chi connectivity index (χ0n) is 8.73. The van der Waals surface area contributed by atoms with E-state index in [0.717, 1.165) is 6.42 Å². The summed E-state index contributed by atoms with van der Waals surface area (Å²) in [6.45, 7) is 3.60. The zero-order chi connectivity index (χ0) is 10.4. The summed E-state index contributed by atoms with van der Waals surface area (Å²) in [6, 6.07) is 10.1. The summed E-state index contributed by atoms with van der Waals surface area (Å²) in [5, 5.41) is 0. The zero-order valence-corrected chi connectivity index (χ0v) is 8.73. The fourth-order valence-corrected chi connectivity index (χ4v) is 1.14. The molecule has 0 aliphatic rings. The molecule has 1 nitrogen and oxygen atoms in total. The van der Waals surface area contributed by atoms with Crippen LogP contribution in [0.25, 0.3) is 6.08 Å². The Morgan fingerprint density at radius 2 is 2.00 bits per heavy atom. The van der Waals surface area contributed by atoms with Crippen molar-refractivity contribution in [1.82, 2.24) is 0 Å². The highest BCUT2D eigenvalue weighted by molar-refractivity contribution is 5.78. The minimum Gasteiger partial charge on any atom is -0.300 e. The molecule has 0 saturated heterocycles. The molecule has 1 aromatic carbocycles. The molecule has 0 spiro atoms. The molecular weight excluding hydrogens is 172 g/mol. The second-order valence-electron chi connectivity index (χ2n) is 3.56. The molecule has 0 aliphatic heterocycles. The van der Waals surface area contributed by atoms with Crippen LogP contribution in [0.5, 0.6) is 0 Å². The third kappa shape index (κ3) is 3.56. The van der Waals surface area contributed by atoms with Crippen molar-refractivity contribution in [2.45, 2.75) is 20.3 Å². The highest BCUT2D eigenvalue weighted by Crippen LogP contribution is 2.07. The van der Waals surface area contributed by atoms with Crippen molar-refractivity contribution in [2.24, 2.45) is 5.92 Å². The van der Waals surface area contributed by atoms with E-state index >= 15 is 0 Å². The first-order valence-corrected chi connectivity index (χ1v) is 4.92. The Morgan fingerprint density at radius 1 is 1.36 bits per heavy atom. The molecular formula is C13H16O. The van der Waals surface area contributed by atoms with Crippen LogP contribution in [0.15, 0.2) is 36.4 Å². The van der Waals surface area contributed by atoms with Gasteiger partial charge in [-0.15, -0.1) is 0 Å². The molecule has 1 unspecified atom stereocenters. The van der Waals surface area contributed by atoms with E-state index in [1.165, 1.54) is 5.56 Å². The SMILES string of the molecule is CC(=O)C(C)CC=Cc1ccccc1. The topological polar surface area (TPSA) is 17.1 Å². The van der Waals surface area contributed by atoms with Crippen molar-refractivity contribution in [3.05, 3.63) is 42.0 Å². The minimum absolute atomic E-state index is 0.134. The Kier molecular flexibility index (Phi) is 4.11. The van der Waals surface area contributed by atoms with Gasteiger partial charge in [-0.05, 0) is 18.9 Å². The van der Waals surface area contributed by atoms with Crippen molar-refractivity contribution >= 4 is 11.9 Å². The Morgan fingerprint density at radius 3 is 2.57 bits per heavy atom. The van der Waals surface area contributed by atoms with Crippen molar-refractivity contribution in [1.29, 1.82) is 0 Å². The molecule has 0 radical (unpaired) electrons. The van der Waals surface area contributed by atoms with Gasteiger partial charge in [0.25, 0.3) is 0 Å². The average molecular weight is 188 g/mol. The lowest BCUT2D eigenvalue weighted by Crippen LogP contribution is -2.03. The summed E-state index contributed by atoms with van der Waals surface area (Å²) in [4.78, 5) is 11.0. The van der Waals surface area contributed by atoms with Gasteiger partial charge >= 0.3 is 0 Å². The molecule has 0 N–H and O–H groups in total. The summed E-state index contributed by atoms with van der Waals surface area (Å²) < 4.78 is 0. The minimum atomic E-state index is 0.134. The van der Waals surface area contributed by atoms with Crippen LogP contribution in [-0.4, -0.2) is 5.78 Å². The molecule has 0 aromatic heterocycles. The quantitative estimate of drug-likeness (QED) is 0.708. The fourth-order valence-electron chi connectivity index (χ4n) is 1.14. The van der Waals surface area contributed by atoms with Gasteiger partial charge in [0.1, 0.15) is 5.78 Å². The lowest BCUT2D eigenvalue weighted by molar-refractivity contribution is -0.120. The average Bonchev–Trinajstić information content (AvgIpc) is 2.19. The molecule has 0 saturated carbocycles. The third-order valence-electron chi connectivity index (χ3n) is 2.29. The lowest BCUT2D eigenvalue weighted by atomic mass is 10.0. The van der Waals surface area contributed by atoms with Crippen LogP contribution in [-0.2, 0) is 4.79 Å². The van der Waals surface area contributed by atoms with E-state index in [9.17, 15) is 4.79 Å². The van der Waals surface area contributed by atoms with Gasteiger partial charge in [-0.3, -0.25) is 4.79 Å². The molecule has 0 bridgehead atoms. The molecule has 14 heavy (non-hydrogen) atoms. The Bertz CT molecular complexity index is 311. The van der Waals surface area contributed by atoms with Gasteiger partial charge in [0.15, 0.2) is 0 Å². The molecule has 0 aliphatic carbocycles. The molecule has 0 fully saturated rings. The molecule has 74 valence electrons. The summed E-state index contributed by atoms with van der Waals surface area (Å²) in [6.07, 6.45) is 4.94. The van der Waals surface area contributed by atoms with E-state index in [4.69, 9.17) is 0 Å². The maximum absolute atomic E-state index is 11.0. The normalized spacial score (nSPS) is 13.0. The number of ketones is 1. The van der Waals surface area contributed by atoms with Crippen LogP contribution in [0.2, 0.25) is 0 Å². The Balaban J connectivity index is 2.46. The molecule has 1 aromatic rings. The highest BCUT2D eigenvalue weighted by atomic mass is 16.1. The van der Waals surface area contributed by atoms with E-state index < -0.39 is 0 Å². The number of hydrogen-bond acceptors (Lipinski definition) is 1. The van der Waals surface area contributed by atoms with Crippen molar-refractivity contribution in [3.8, 4) is 0 Å². The summed E-state index contributed by atoms with van der Waals surface area (Å²) in [5.41, 5.74) is 1.18. The van der Waals surface area contributed by atoms with E-state index in [1.807, 2.05) is 25.1 Å². The van der Waals surface area contributed by atoms with Gasteiger partial charge in [-0.25, -0.2) is 0 Å². The van der Waals surface area contributed by atoms with E-state index in [0.29, 0.717) is 0 Å². The van der Waals surface area contributed by atoms with Crippen LogP contribution in [0.1, 0.15) is 25.8 Å². The second-order valence-corrected chi connectivity index (χ2v) is 3.56.